The molecule has 1 aromatic heterocycles. The van der Waals surface area contributed by atoms with Gasteiger partial charge in [-0.3, -0.25) is 4.90 Å². The maximum atomic E-state index is 11.9. The minimum atomic E-state index is -0.368. The highest BCUT2D eigenvalue weighted by atomic mass is 16.5. The van der Waals surface area contributed by atoms with Gasteiger partial charge in [-0.25, -0.2) is 4.79 Å². The van der Waals surface area contributed by atoms with Crippen molar-refractivity contribution >= 4 is 5.97 Å². The molecule has 2 aliphatic rings. The molecule has 1 aromatic rings. The summed E-state index contributed by atoms with van der Waals surface area (Å²) in [6, 6.07) is 1.07. The van der Waals surface area contributed by atoms with Crippen molar-refractivity contribution in [3.8, 4) is 0 Å². The van der Waals surface area contributed by atoms with Crippen molar-refractivity contribution in [1.29, 1.82) is 0 Å². The minimum absolute atomic E-state index is 0.301. The Bertz CT molecular complexity index is 481. The highest BCUT2D eigenvalue weighted by Gasteiger charge is 2.36. The van der Waals surface area contributed by atoms with Crippen molar-refractivity contribution < 1.29 is 9.53 Å². The van der Waals surface area contributed by atoms with E-state index in [4.69, 9.17) is 4.74 Å². The van der Waals surface area contributed by atoms with Crippen molar-refractivity contribution in [1.82, 2.24) is 19.7 Å². The fraction of sp³-hybridized carbons (Fsp3) is 0.769. The Morgan fingerprint density at radius 2 is 2.11 bits per heavy atom. The summed E-state index contributed by atoms with van der Waals surface area (Å²) >= 11 is 0. The molecule has 19 heavy (non-hydrogen) atoms. The molecule has 1 saturated heterocycles. The summed E-state index contributed by atoms with van der Waals surface area (Å²) in [6.45, 7) is 6.17. The number of carbonyl (C=O) groups excluding carboxylic acids is 1. The summed E-state index contributed by atoms with van der Waals surface area (Å²) in [5.74, 6) is 0.778. The van der Waals surface area contributed by atoms with Crippen molar-refractivity contribution in [2.75, 3.05) is 19.7 Å². The first-order valence-corrected chi connectivity index (χ1v) is 7.03. The number of carbonyl (C=O) groups is 1. The number of likely N-dealkylation sites (tertiary alicyclic amines) is 1. The molecule has 1 saturated carbocycles. The maximum absolute atomic E-state index is 11.9. The van der Waals surface area contributed by atoms with E-state index in [-0.39, 0.29) is 5.97 Å². The first kappa shape index (κ1) is 12.6. The summed E-state index contributed by atoms with van der Waals surface area (Å²) in [7, 11) is 0. The lowest BCUT2D eigenvalue weighted by molar-refractivity contribution is 0.0503. The fourth-order valence-electron chi connectivity index (χ4n) is 2.89. The van der Waals surface area contributed by atoms with Gasteiger partial charge >= 0.3 is 5.97 Å². The zero-order chi connectivity index (χ0) is 13.4. The minimum Gasteiger partial charge on any atom is -0.460 e. The van der Waals surface area contributed by atoms with Gasteiger partial charge in [-0.2, -0.15) is 0 Å². The van der Waals surface area contributed by atoms with E-state index in [2.05, 4.69) is 15.1 Å². The van der Waals surface area contributed by atoms with E-state index in [0.717, 1.165) is 31.4 Å². The van der Waals surface area contributed by atoms with E-state index in [1.165, 1.54) is 12.8 Å². The predicted octanol–water partition coefficient (Wildman–Crippen LogP) is 1.17. The van der Waals surface area contributed by atoms with Crippen LogP contribution in [-0.2, 0) is 4.74 Å². The van der Waals surface area contributed by atoms with E-state index in [1.807, 2.05) is 11.5 Å². The number of ether oxygens (including phenoxy) is 1. The third-order valence-electron chi connectivity index (χ3n) is 3.95. The molecule has 6 heteroatoms. The number of nitrogens with zero attached hydrogens (tertiary/aromatic N) is 4. The molecule has 0 aromatic carbocycles. The largest absolute Gasteiger partial charge is 0.460 e. The second-order valence-corrected chi connectivity index (χ2v) is 5.33. The molecule has 0 radical (unpaired) electrons. The Hall–Kier alpha value is -1.43. The topological polar surface area (TPSA) is 60.2 Å². The Morgan fingerprint density at radius 1 is 1.32 bits per heavy atom. The number of hydrogen-bond acceptors (Lipinski definition) is 5. The van der Waals surface area contributed by atoms with Crippen LogP contribution in [0.2, 0.25) is 0 Å². The molecule has 2 heterocycles. The van der Waals surface area contributed by atoms with Gasteiger partial charge in [-0.1, -0.05) is 0 Å². The zero-order valence-corrected chi connectivity index (χ0v) is 11.5. The van der Waals surface area contributed by atoms with Crippen LogP contribution in [0.25, 0.3) is 0 Å². The first-order valence-electron chi connectivity index (χ1n) is 7.03. The third-order valence-corrected chi connectivity index (χ3v) is 3.95. The van der Waals surface area contributed by atoms with Gasteiger partial charge in [0.15, 0.2) is 0 Å². The molecule has 3 rings (SSSR count). The summed E-state index contributed by atoms with van der Waals surface area (Å²) in [4.78, 5) is 14.4. The van der Waals surface area contributed by atoms with Crippen LogP contribution < -0.4 is 0 Å². The molecular formula is C13H20N4O2. The lowest BCUT2D eigenvalue weighted by Crippen LogP contribution is -2.25. The van der Waals surface area contributed by atoms with Crippen LogP contribution in [0.4, 0.5) is 0 Å². The smallest absolute Gasteiger partial charge is 0.376 e. The van der Waals surface area contributed by atoms with Gasteiger partial charge in [0.2, 0.25) is 5.82 Å². The van der Waals surface area contributed by atoms with E-state index < -0.39 is 0 Å². The summed E-state index contributed by atoms with van der Waals surface area (Å²) in [5, 5.41) is 8.03. The third kappa shape index (κ3) is 2.36. The second kappa shape index (κ2) is 4.92. The quantitative estimate of drug-likeness (QED) is 0.764. The Kier molecular flexibility index (Phi) is 3.26. The van der Waals surface area contributed by atoms with Crippen LogP contribution in [0, 0.1) is 6.92 Å². The van der Waals surface area contributed by atoms with Crippen molar-refractivity contribution in [2.24, 2.45) is 0 Å². The molecule has 1 atom stereocenters. The van der Waals surface area contributed by atoms with Gasteiger partial charge in [0, 0.05) is 19.1 Å². The Balaban J connectivity index is 1.79. The number of rotatable bonds is 4. The molecule has 1 aliphatic carbocycles. The Labute approximate surface area is 112 Å². The van der Waals surface area contributed by atoms with Gasteiger partial charge in [-0.15, -0.1) is 10.2 Å². The highest BCUT2D eigenvalue weighted by molar-refractivity contribution is 5.85. The molecule has 6 nitrogen and oxygen atoms in total. The number of hydrogen-bond donors (Lipinski definition) is 0. The van der Waals surface area contributed by atoms with E-state index >= 15 is 0 Å². The molecule has 0 N–H and O–H groups in total. The average molecular weight is 264 g/mol. The molecule has 1 aliphatic heterocycles. The van der Waals surface area contributed by atoms with E-state index in [9.17, 15) is 4.79 Å². The maximum Gasteiger partial charge on any atom is 0.376 e. The standard InChI is InChI=1S/C13H20N4O2/c1-3-19-13(18)12-15-14-9(2)17(12)11-6-7-16(8-11)10-4-5-10/h10-11H,3-8H2,1-2H3. The second-order valence-electron chi connectivity index (χ2n) is 5.33. The lowest BCUT2D eigenvalue weighted by Gasteiger charge is -2.17. The number of aromatic nitrogens is 3. The van der Waals surface area contributed by atoms with Crippen molar-refractivity contribution in [2.45, 2.75) is 45.2 Å². The summed E-state index contributed by atoms with van der Waals surface area (Å²) in [5.41, 5.74) is 0. The first-order chi connectivity index (χ1) is 9.20. The van der Waals surface area contributed by atoms with Crippen LogP contribution in [0.15, 0.2) is 0 Å². The molecule has 1 unspecified atom stereocenters. The molecule has 0 amide bonds. The fourth-order valence-corrected chi connectivity index (χ4v) is 2.89. The average Bonchev–Trinajstić information content (AvgIpc) is 3.00. The predicted molar refractivity (Wildman–Crippen MR) is 69.0 cm³/mol. The van der Waals surface area contributed by atoms with Crippen molar-refractivity contribution in [3.63, 3.8) is 0 Å². The van der Waals surface area contributed by atoms with Gasteiger partial charge in [0.05, 0.1) is 12.6 Å². The Morgan fingerprint density at radius 3 is 2.79 bits per heavy atom. The monoisotopic (exact) mass is 264 g/mol. The van der Waals surface area contributed by atoms with Crippen LogP contribution in [0.1, 0.15) is 48.7 Å². The molecule has 2 fully saturated rings. The molecule has 104 valence electrons. The number of aryl methyl sites for hydroxylation is 1. The SMILES string of the molecule is CCOC(=O)c1nnc(C)n1C1CCN(C2CC2)C1. The lowest BCUT2D eigenvalue weighted by atomic mass is 10.2. The summed E-state index contributed by atoms with van der Waals surface area (Å²) < 4.78 is 7.01. The number of esters is 1. The van der Waals surface area contributed by atoms with E-state index in [0.29, 0.717) is 18.5 Å². The van der Waals surface area contributed by atoms with Gasteiger partial charge in [0.1, 0.15) is 5.82 Å². The normalized spacial score (nSPS) is 23.8. The molecular weight excluding hydrogens is 244 g/mol. The zero-order valence-electron chi connectivity index (χ0n) is 11.5. The van der Waals surface area contributed by atoms with Crippen LogP contribution >= 0.6 is 0 Å². The van der Waals surface area contributed by atoms with Crippen LogP contribution in [0.5, 0.6) is 0 Å². The molecule has 0 spiro atoms. The van der Waals surface area contributed by atoms with Crippen molar-refractivity contribution in [3.05, 3.63) is 11.6 Å². The van der Waals surface area contributed by atoms with E-state index in [1.54, 1.807) is 6.92 Å². The van der Waals surface area contributed by atoms with Gasteiger partial charge in [-0.05, 0) is 33.1 Å². The van der Waals surface area contributed by atoms with Gasteiger partial charge < -0.3 is 9.30 Å². The van der Waals surface area contributed by atoms with Crippen LogP contribution in [-0.4, -0.2) is 51.4 Å². The van der Waals surface area contributed by atoms with Crippen LogP contribution in [0.3, 0.4) is 0 Å². The van der Waals surface area contributed by atoms with Gasteiger partial charge in [0.25, 0.3) is 0 Å². The highest BCUT2D eigenvalue weighted by Crippen LogP contribution is 2.34. The molecule has 0 bridgehead atoms. The summed E-state index contributed by atoms with van der Waals surface area (Å²) in [6.07, 6.45) is 3.69.